The van der Waals surface area contributed by atoms with Gasteiger partial charge in [0.2, 0.25) is 0 Å². The number of oxime groups is 1. The van der Waals surface area contributed by atoms with E-state index in [0.29, 0.717) is 31.0 Å². The summed E-state index contributed by atoms with van der Waals surface area (Å²) in [5.41, 5.74) is 1.69. The molecule has 2 atom stereocenters. The zero-order valence-corrected chi connectivity index (χ0v) is 17.5. The maximum atomic E-state index is 12.7. The third-order valence-corrected chi connectivity index (χ3v) is 5.57. The number of carbonyl (C=O) groups is 2. The predicted molar refractivity (Wildman–Crippen MR) is 115 cm³/mol. The van der Waals surface area contributed by atoms with Crippen LogP contribution in [0.2, 0.25) is 0 Å². The zero-order chi connectivity index (χ0) is 21.7. The Bertz CT molecular complexity index is 979. The number of hydrogen-bond donors (Lipinski definition) is 2. The molecule has 2 aromatic rings. The van der Waals surface area contributed by atoms with E-state index in [9.17, 15) is 9.59 Å². The Kier molecular flexibility index (Phi) is 6.27. The fraction of sp³-hybridized carbons (Fsp3) is 0.391. The zero-order valence-electron chi connectivity index (χ0n) is 17.5. The second-order valence-corrected chi connectivity index (χ2v) is 7.89. The first-order valence-electron chi connectivity index (χ1n) is 10.5. The van der Waals surface area contributed by atoms with E-state index in [-0.39, 0.29) is 30.9 Å². The third kappa shape index (κ3) is 4.91. The standard InChI is InChI=1S/C23H26N4O4/c1-16-6-5-9-18(25-16)22(29)26-20-11-13-30-15-23(20)14-19(27-31-23)21(28)24-12-10-17-7-3-2-4-8-17/h2-9,20H,10-15H2,1H3,(H,24,28)(H,26,29)/t20-,23+/m0/s1. The Balaban J connectivity index is 1.35. The summed E-state index contributed by atoms with van der Waals surface area (Å²) in [4.78, 5) is 35.3. The van der Waals surface area contributed by atoms with E-state index in [1.54, 1.807) is 12.1 Å². The van der Waals surface area contributed by atoms with Gasteiger partial charge in [0.05, 0.1) is 12.6 Å². The van der Waals surface area contributed by atoms with Crippen LogP contribution in [0.3, 0.4) is 0 Å². The number of ether oxygens (including phenoxy) is 1. The first-order valence-corrected chi connectivity index (χ1v) is 10.5. The third-order valence-electron chi connectivity index (χ3n) is 5.57. The van der Waals surface area contributed by atoms with Gasteiger partial charge in [-0.25, -0.2) is 4.98 Å². The molecular weight excluding hydrogens is 396 g/mol. The van der Waals surface area contributed by atoms with E-state index >= 15 is 0 Å². The quantitative estimate of drug-likeness (QED) is 0.739. The number of benzene rings is 1. The van der Waals surface area contributed by atoms with Crippen molar-refractivity contribution in [2.75, 3.05) is 19.8 Å². The van der Waals surface area contributed by atoms with Gasteiger partial charge >= 0.3 is 0 Å². The maximum Gasteiger partial charge on any atom is 0.270 e. The fourth-order valence-electron chi connectivity index (χ4n) is 3.86. The van der Waals surface area contributed by atoms with Crippen LogP contribution in [0.25, 0.3) is 0 Å². The van der Waals surface area contributed by atoms with E-state index in [4.69, 9.17) is 9.57 Å². The number of amides is 2. The first-order chi connectivity index (χ1) is 15.1. The molecule has 162 valence electrons. The van der Waals surface area contributed by atoms with Crippen molar-refractivity contribution in [1.29, 1.82) is 0 Å². The van der Waals surface area contributed by atoms with Crippen LogP contribution >= 0.6 is 0 Å². The second kappa shape index (κ2) is 9.26. The highest BCUT2D eigenvalue weighted by Gasteiger charge is 2.50. The molecule has 0 bridgehead atoms. The summed E-state index contributed by atoms with van der Waals surface area (Å²) in [5.74, 6) is -0.539. The topological polar surface area (TPSA) is 102 Å². The van der Waals surface area contributed by atoms with E-state index in [1.807, 2.05) is 43.3 Å². The van der Waals surface area contributed by atoms with Crippen LogP contribution in [0.1, 0.15) is 34.6 Å². The predicted octanol–water partition coefficient (Wildman–Crippen LogP) is 1.78. The number of hydrogen-bond acceptors (Lipinski definition) is 6. The van der Waals surface area contributed by atoms with E-state index in [0.717, 1.165) is 17.7 Å². The summed E-state index contributed by atoms with van der Waals surface area (Å²) < 4.78 is 5.61. The molecule has 1 aromatic carbocycles. The Labute approximate surface area is 181 Å². The number of aryl methyl sites for hydroxylation is 1. The molecule has 4 rings (SSSR count). The molecule has 1 saturated heterocycles. The molecule has 1 fully saturated rings. The lowest BCUT2D eigenvalue weighted by Gasteiger charge is -2.38. The summed E-state index contributed by atoms with van der Waals surface area (Å²) in [7, 11) is 0. The van der Waals surface area contributed by atoms with Crippen molar-refractivity contribution >= 4 is 17.5 Å². The van der Waals surface area contributed by atoms with Gasteiger partial charge in [-0.1, -0.05) is 41.6 Å². The Morgan fingerprint density at radius 3 is 2.77 bits per heavy atom. The highest BCUT2D eigenvalue weighted by molar-refractivity contribution is 6.39. The Hall–Kier alpha value is -3.26. The average molecular weight is 422 g/mol. The molecule has 2 aliphatic heterocycles. The molecule has 2 amide bonds. The fourth-order valence-corrected chi connectivity index (χ4v) is 3.86. The van der Waals surface area contributed by atoms with Crippen molar-refractivity contribution in [2.24, 2.45) is 5.16 Å². The smallest absolute Gasteiger partial charge is 0.270 e. The number of nitrogens with one attached hydrogen (secondary N) is 2. The number of aromatic nitrogens is 1. The van der Waals surface area contributed by atoms with Crippen LogP contribution in [-0.2, 0) is 20.8 Å². The summed E-state index contributed by atoms with van der Waals surface area (Å²) in [6, 6.07) is 14.9. The van der Waals surface area contributed by atoms with Crippen LogP contribution < -0.4 is 10.6 Å². The van der Waals surface area contributed by atoms with Gasteiger partial charge in [-0.2, -0.15) is 0 Å². The van der Waals surface area contributed by atoms with Crippen molar-refractivity contribution < 1.29 is 19.2 Å². The van der Waals surface area contributed by atoms with Crippen molar-refractivity contribution in [3.05, 3.63) is 65.5 Å². The van der Waals surface area contributed by atoms with Crippen molar-refractivity contribution in [3.8, 4) is 0 Å². The Morgan fingerprint density at radius 2 is 1.97 bits per heavy atom. The number of nitrogens with zero attached hydrogens (tertiary/aromatic N) is 2. The van der Waals surface area contributed by atoms with Crippen molar-refractivity contribution in [1.82, 2.24) is 15.6 Å². The van der Waals surface area contributed by atoms with Crippen molar-refractivity contribution in [3.63, 3.8) is 0 Å². The van der Waals surface area contributed by atoms with Crippen LogP contribution in [0.15, 0.2) is 53.7 Å². The monoisotopic (exact) mass is 422 g/mol. The molecule has 1 spiro atoms. The molecule has 3 heterocycles. The van der Waals surface area contributed by atoms with Crippen LogP contribution in [0.5, 0.6) is 0 Å². The molecule has 31 heavy (non-hydrogen) atoms. The van der Waals surface area contributed by atoms with Gasteiger partial charge in [0.1, 0.15) is 11.4 Å². The average Bonchev–Trinajstić information content (AvgIpc) is 3.21. The summed E-state index contributed by atoms with van der Waals surface area (Å²) in [6.07, 6.45) is 1.57. The lowest BCUT2D eigenvalue weighted by Crippen LogP contribution is -2.59. The van der Waals surface area contributed by atoms with Crippen LogP contribution in [-0.4, -0.2) is 53.9 Å². The van der Waals surface area contributed by atoms with E-state index in [2.05, 4.69) is 20.8 Å². The molecule has 0 radical (unpaired) electrons. The molecule has 8 nitrogen and oxygen atoms in total. The normalized spacial score (nSPS) is 22.5. The van der Waals surface area contributed by atoms with Gasteiger partial charge in [-0.05, 0) is 37.5 Å². The lowest BCUT2D eigenvalue weighted by molar-refractivity contribution is -0.128. The van der Waals surface area contributed by atoms with Gasteiger partial charge < -0.3 is 20.2 Å². The van der Waals surface area contributed by atoms with Crippen LogP contribution in [0, 0.1) is 6.92 Å². The second-order valence-electron chi connectivity index (χ2n) is 7.89. The highest BCUT2D eigenvalue weighted by Crippen LogP contribution is 2.33. The summed E-state index contributed by atoms with van der Waals surface area (Å²) >= 11 is 0. The van der Waals surface area contributed by atoms with Crippen molar-refractivity contribution in [2.45, 2.75) is 37.8 Å². The maximum absolute atomic E-state index is 12.7. The first kappa shape index (κ1) is 21.0. The van der Waals surface area contributed by atoms with Gasteiger partial charge in [0.25, 0.3) is 11.8 Å². The number of carbonyl (C=O) groups excluding carboxylic acids is 2. The molecule has 8 heteroatoms. The highest BCUT2D eigenvalue weighted by atomic mass is 16.7. The lowest BCUT2D eigenvalue weighted by atomic mass is 9.85. The molecule has 1 aromatic heterocycles. The Morgan fingerprint density at radius 1 is 1.13 bits per heavy atom. The van der Waals surface area contributed by atoms with Gasteiger partial charge in [0, 0.05) is 25.3 Å². The van der Waals surface area contributed by atoms with E-state index < -0.39 is 5.60 Å². The molecule has 0 aliphatic carbocycles. The minimum atomic E-state index is -0.885. The molecule has 0 unspecified atom stereocenters. The summed E-state index contributed by atoms with van der Waals surface area (Å²) in [5, 5.41) is 9.94. The van der Waals surface area contributed by atoms with Gasteiger partial charge in [-0.15, -0.1) is 0 Å². The largest absolute Gasteiger partial charge is 0.384 e. The van der Waals surface area contributed by atoms with Crippen LogP contribution in [0.4, 0.5) is 0 Å². The molecule has 2 N–H and O–H groups in total. The SMILES string of the molecule is Cc1cccc(C(=O)N[C@H]2CCOC[C@]23CC(C(=O)NCCc2ccccc2)=NO3)n1. The molecular formula is C23H26N4O4. The number of rotatable bonds is 6. The van der Waals surface area contributed by atoms with E-state index in [1.165, 1.54) is 0 Å². The van der Waals surface area contributed by atoms with Gasteiger partial charge in [0.15, 0.2) is 5.60 Å². The van der Waals surface area contributed by atoms with Gasteiger partial charge in [-0.3, -0.25) is 9.59 Å². The molecule has 2 aliphatic rings. The number of pyridine rings is 1. The minimum absolute atomic E-state index is 0.253. The minimum Gasteiger partial charge on any atom is -0.384 e. The molecule has 0 saturated carbocycles. The summed E-state index contributed by atoms with van der Waals surface area (Å²) in [6.45, 7) is 3.09.